The predicted molar refractivity (Wildman–Crippen MR) is 132 cm³/mol. The molecule has 1 heterocycles. The molecule has 2 atom stereocenters. The normalized spacial score (nSPS) is 21.2. The van der Waals surface area contributed by atoms with E-state index < -0.39 is 23.6 Å². The zero-order chi connectivity index (χ0) is 25.4. The molecule has 9 nitrogen and oxygen atoms in total. The van der Waals surface area contributed by atoms with Crippen LogP contribution in [0.5, 0.6) is 0 Å². The maximum absolute atomic E-state index is 13.6. The highest BCUT2D eigenvalue weighted by Crippen LogP contribution is 2.46. The number of ether oxygens (including phenoxy) is 1. The smallest absolute Gasteiger partial charge is 0.418 e. The van der Waals surface area contributed by atoms with Crippen LogP contribution in [0.1, 0.15) is 42.9 Å². The van der Waals surface area contributed by atoms with Crippen molar-refractivity contribution in [2.45, 2.75) is 50.8 Å². The number of anilines is 1. The Morgan fingerprint density at radius 2 is 1.92 bits per heavy atom. The maximum Gasteiger partial charge on any atom is 0.418 e. The summed E-state index contributed by atoms with van der Waals surface area (Å²) >= 11 is 0. The molecule has 0 bridgehead atoms. The van der Waals surface area contributed by atoms with Crippen LogP contribution < -0.4 is 10.6 Å². The van der Waals surface area contributed by atoms with E-state index in [1.807, 2.05) is 43.3 Å². The van der Waals surface area contributed by atoms with Crippen molar-refractivity contribution in [1.29, 1.82) is 0 Å². The fraction of sp³-hybridized carbons (Fsp3) is 0.407. The number of aryl methyl sites for hydroxylation is 1. The molecule has 2 aliphatic carbocycles. The van der Waals surface area contributed by atoms with Gasteiger partial charge in [-0.05, 0) is 55.4 Å². The summed E-state index contributed by atoms with van der Waals surface area (Å²) in [7, 11) is 1.51. The van der Waals surface area contributed by atoms with E-state index in [4.69, 9.17) is 4.74 Å². The average molecular weight is 491 g/mol. The van der Waals surface area contributed by atoms with Crippen molar-refractivity contribution in [3.8, 4) is 0 Å². The zero-order valence-electron chi connectivity index (χ0n) is 20.5. The van der Waals surface area contributed by atoms with Gasteiger partial charge in [-0.3, -0.25) is 9.59 Å². The Labute approximate surface area is 209 Å². The summed E-state index contributed by atoms with van der Waals surface area (Å²) in [5, 5.41) is 5.17. The molecular weight excluding hydrogens is 460 g/mol. The molecule has 2 aromatic rings. The minimum atomic E-state index is -1.47. The van der Waals surface area contributed by atoms with E-state index >= 15 is 0 Å². The van der Waals surface area contributed by atoms with Gasteiger partial charge in [-0.15, -0.1) is 0 Å². The molecule has 1 saturated heterocycles. The van der Waals surface area contributed by atoms with Crippen LogP contribution in [0.3, 0.4) is 0 Å². The van der Waals surface area contributed by atoms with Crippen LogP contribution >= 0.6 is 0 Å². The van der Waals surface area contributed by atoms with Crippen molar-refractivity contribution in [1.82, 2.24) is 15.1 Å². The minimum Gasteiger partial charge on any atom is -0.427 e. The van der Waals surface area contributed by atoms with Crippen molar-refractivity contribution in [2.75, 3.05) is 18.9 Å². The summed E-state index contributed by atoms with van der Waals surface area (Å²) in [6.45, 7) is 2.07. The Kier molecular flexibility index (Phi) is 6.15. The molecule has 2 N–H and O–H groups in total. The Hall–Kier alpha value is -3.88. The van der Waals surface area contributed by atoms with E-state index in [1.165, 1.54) is 7.05 Å². The highest BCUT2D eigenvalue weighted by Gasteiger charge is 2.58. The molecule has 5 rings (SSSR count). The number of nitrogens with zero attached hydrogens (tertiary/aromatic N) is 2. The molecular formula is C27H30N4O5. The molecule has 2 fully saturated rings. The van der Waals surface area contributed by atoms with E-state index in [9.17, 15) is 19.2 Å². The summed E-state index contributed by atoms with van der Waals surface area (Å²) in [6.07, 6.45) is 2.17. The second-order valence-corrected chi connectivity index (χ2v) is 9.75. The van der Waals surface area contributed by atoms with E-state index in [0.717, 1.165) is 28.9 Å². The third-order valence-corrected chi connectivity index (χ3v) is 7.45. The molecule has 188 valence electrons. The lowest BCUT2D eigenvalue weighted by atomic mass is 9.94. The Bertz CT molecular complexity index is 1210. The molecule has 0 unspecified atom stereocenters. The fourth-order valence-electron chi connectivity index (χ4n) is 5.20. The van der Waals surface area contributed by atoms with Gasteiger partial charge in [0.2, 0.25) is 11.5 Å². The van der Waals surface area contributed by atoms with E-state index in [-0.39, 0.29) is 18.5 Å². The van der Waals surface area contributed by atoms with Crippen LogP contribution in [0.15, 0.2) is 48.5 Å². The second-order valence-electron chi connectivity index (χ2n) is 9.75. The predicted octanol–water partition coefficient (Wildman–Crippen LogP) is 3.39. The number of hydrogen-bond acceptors (Lipinski definition) is 5. The lowest BCUT2D eigenvalue weighted by Crippen LogP contribution is -2.47. The van der Waals surface area contributed by atoms with Gasteiger partial charge in [0.15, 0.2) is 0 Å². The van der Waals surface area contributed by atoms with E-state index in [2.05, 4.69) is 10.6 Å². The summed E-state index contributed by atoms with van der Waals surface area (Å²) in [4.78, 5) is 54.5. The quantitative estimate of drug-likeness (QED) is 0.619. The van der Waals surface area contributed by atoms with Gasteiger partial charge < -0.3 is 20.3 Å². The van der Waals surface area contributed by atoms with Gasteiger partial charge in [-0.25, -0.2) is 14.5 Å². The van der Waals surface area contributed by atoms with Crippen molar-refractivity contribution < 1.29 is 23.9 Å². The summed E-state index contributed by atoms with van der Waals surface area (Å²) in [5.74, 6) is -0.387. The van der Waals surface area contributed by atoms with Crippen LogP contribution in [-0.4, -0.2) is 53.4 Å². The number of carbonyl (C=O) groups excluding carboxylic acids is 4. The van der Waals surface area contributed by atoms with E-state index in [1.54, 1.807) is 17.0 Å². The standard InChI is InChI=1S/C27H30N4O5/c1-17(19-8-9-19)30(15-18-6-4-3-5-7-18)23(32)16-31-24(33)27(36-26(31)35)13-12-20-10-11-21(14-22(20)27)29-25(34)28-2/h3-7,10-11,14,17,19H,8-9,12-13,15-16H2,1-2H3,(H2,28,29,34)/t17-,27-/m0/s1. The van der Waals surface area contributed by atoms with Gasteiger partial charge in [0, 0.05) is 37.3 Å². The first-order valence-corrected chi connectivity index (χ1v) is 12.3. The molecule has 5 amide bonds. The lowest BCUT2D eigenvalue weighted by Gasteiger charge is -2.30. The van der Waals surface area contributed by atoms with Crippen LogP contribution in [0.2, 0.25) is 0 Å². The van der Waals surface area contributed by atoms with Gasteiger partial charge in [0.1, 0.15) is 6.54 Å². The monoisotopic (exact) mass is 490 g/mol. The number of amides is 5. The lowest BCUT2D eigenvalue weighted by molar-refractivity contribution is -0.143. The summed E-state index contributed by atoms with van der Waals surface area (Å²) in [6, 6.07) is 14.6. The first kappa shape index (κ1) is 23.8. The molecule has 1 aliphatic heterocycles. The molecule has 9 heteroatoms. The number of nitrogens with one attached hydrogen (secondary N) is 2. The molecule has 3 aliphatic rings. The highest BCUT2D eigenvalue weighted by molar-refractivity contribution is 6.06. The van der Waals surface area contributed by atoms with Gasteiger partial charge in [0.25, 0.3) is 5.91 Å². The SMILES string of the molecule is CNC(=O)Nc1ccc2c(c1)[C@]1(CC2)OC(=O)N(CC(=O)N(Cc2ccccc2)[C@@H](C)C2CC2)C1=O. The van der Waals surface area contributed by atoms with Crippen molar-refractivity contribution in [2.24, 2.45) is 5.92 Å². The van der Waals surface area contributed by atoms with Gasteiger partial charge in [-0.1, -0.05) is 36.4 Å². The molecule has 0 radical (unpaired) electrons. The Morgan fingerprint density at radius 3 is 2.61 bits per heavy atom. The summed E-state index contributed by atoms with van der Waals surface area (Å²) in [5.41, 5.74) is 1.43. The largest absolute Gasteiger partial charge is 0.427 e. The highest BCUT2D eigenvalue weighted by atomic mass is 16.6. The fourth-order valence-corrected chi connectivity index (χ4v) is 5.20. The van der Waals surface area contributed by atoms with Gasteiger partial charge >= 0.3 is 12.1 Å². The Balaban J connectivity index is 1.37. The Morgan fingerprint density at radius 1 is 1.17 bits per heavy atom. The molecule has 1 spiro atoms. The van der Waals surface area contributed by atoms with Crippen molar-refractivity contribution >= 4 is 29.6 Å². The number of hydrogen-bond donors (Lipinski definition) is 2. The zero-order valence-corrected chi connectivity index (χ0v) is 20.5. The third kappa shape index (κ3) is 4.29. The van der Waals surface area contributed by atoms with Crippen LogP contribution in [0, 0.1) is 5.92 Å². The maximum atomic E-state index is 13.6. The van der Waals surface area contributed by atoms with E-state index in [0.29, 0.717) is 36.6 Å². The van der Waals surface area contributed by atoms with Gasteiger partial charge in [0.05, 0.1) is 0 Å². The van der Waals surface area contributed by atoms with Crippen LogP contribution in [-0.2, 0) is 32.9 Å². The van der Waals surface area contributed by atoms with Crippen LogP contribution in [0.25, 0.3) is 0 Å². The van der Waals surface area contributed by atoms with Gasteiger partial charge in [-0.2, -0.15) is 0 Å². The number of fused-ring (bicyclic) bond motifs is 2. The van der Waals surface area contributed by atoms with Crippen LogP contribution in [0.4, 0.5) is 15.3 Å². The summed E-state index contributed by atoms with van der Waals surface area (Å²) < 4.78 is 5.71. The first-order chi connectivity index (χ1) is 17.3. The topological polar surface area (TPSA) is 108 Å². The number of rotatable bonds is 7. The molecule has 0 aromatic heterocycles. The van der Waals surface area contributed by atoms with Crippen molar-refractivity contribution in [3.63, 3.8) is 0 Å². The average Bonchev–Trinajstić information content (AvgIpc) is 3.64. The first-order valence-electron chi connectivity index (χ1n) is 12.3. The second kappa shape index (κ2) is 9.29. The molecule has 1 saturated carbocycles. The number of carbonyl (C=O) groups is 4. The molecule has 36 heavy (non-hydrogen) atoms. The minimum absolute atomic E-state index is 0.00550. The molecule has 2 aromatic carbocycles. The number of imide groups is 1. The van der Waals surface area contributed by atoms with Crippen molar-refractivity contribution in [3.05, 3.63) is 65.2 Å². The number of benzene rings is 2. The number of urea groups is 1. The third-order valence-electron chi connectivity index (χ3n) is 7.45.